The molecule has 0 spiro atoms. The van der Waals surface area contributed by atoms with Gasteiger partial charge in [-0.05, 0) is 32.2 Å². The zero-order valence-electron chi connectivity index (χ0n) is 27.2. The highest BCUT2D eigenvalue weighted by Gasteiger charge is 2.11. The third-order valence-electron chi connectivity index (χ3n) is 8.30. The number of allylic oxidation sites excluding steroid dienone is 1. The predicted octanol–water partition coefficient (Wildman–Crippen LogP) is 10.1. The van der Waals surface area contributed by atoms with E-state index in [1.807, 2.05) is 6.08 Å². The number of ether oxygens (including phenoxy) is 1. The van der Waals surface area contributed by atoms with Gasteiger partial charge in [-0.1, -0.05) is 173 Å². The molecule has 0 aromatic carbocycles. The molecule has 0 aliphatic carbocycles. The van der Waals surface area contributed by atoms with E-state index in [1.54, 1.807) is 0 Å². The molecule has 0 rings (SSSR count). The van der Waals surface area contributed by atoms with Crippen LogP contribution >= 0.6 is 0 Å². The minimum atomic E-state index is -0.598. The molecule has 0 aromatic heterocycles. The van der Waals surface area contributed by atoms with E-state index >= 15 is 0 Å². The maximum atomic E-state index is 10.3. The molecule has 2 atom stereocenters. The third kappa shape index (κ3) is 32.1. The van der Waals surface area contributed by atoms with E-state index in [4.69, 9.17) is 16.2 Å². The van der Waals surface area contributed by atoms with E-state index in [-0.39, 0.29) is 6.04 Å². The fourth-order valence-electron chi connectivity index (χ4n) is 5.45. The first-order valence-corrected chi connectivity index (χ1v) is 18.1. The lowest BCUT2D eigenvalue weighted by Crippen LogP contribution is -2.37. The third-order valence-corrected chi connectivity index (χ3v) is 8.30. The summed E-state index contributed by atoms with van der Waals surface area (Å²) in [6.45, 7) is 4.34. The Morgan fingerprint density at radius 1 is 0.550 bits per heavy atom. The molecule has 240 valence electrons. The van der Waals surface area contributed by atoms with E-state index in [2.05, 4.69) is 13.0 Å². The first kappa shape index (κ1) is 39.6. The van der Waals surface area contributed by atoms with Gasteiger partial charge in [0.1, 0.15) is 0 Å². The maximum absolute atomic E-state index is 10.3. The van der Waals surface area contributed by atoms with Crippen LogP contribution in [0.15, 0.2) is 12.2 Å². The molecule has 0 aromatic rings. The average molecular weight is 567 g/mol. The molecule has 5 N–H and O–H groups in total. The highest BCUT2D eigenvalue weighted by atomic mass is 16.5. The van der Waals surface area contributed by atoms with E-state index in [0.717, 1.165) is 26.0 Å². The van der Waals surface area contributed by atoms with Crippen LogP contribution in [0.3, 0.4) is 0 Å². The van der Waals surface area contributed by atoms with Crippen molar-refractivity contribution in [2.75, 3.05) is 19.8 Å². The minimum Gasteiger partial charge on any atom is -0.387 e. The van der Waals surface area contributed by atoms with Crippen LogP contribution in [0.1, 0.15) is 187 Å². The van der Waals surface area contributed by atoms with Crippen LogP contribution in [-0.4, -0.2) is 37.0 Å². The number of aliphatic hydroxyl groups excluding tert-OH is 1. The molecule has 0 saturated carbocycles. The highest BCUT2D eigenvalue weighted by Crippen LogP contribution is 2.14. The van der Waals surface area contributed by atoms with Gasteiger partial charge in [0.25, 0.3) is 0 Å². The van der Waals surface area contributed by atoms with Gasteiger partial charge >= 0.3 is 0 Å². The zero-order valence-corrected chi connectivity index (χ0v) is 27.2. The van der Waals surface area contributed by atoms with Crippen molar-refractivity contribution in [3.63, 3.8) is 0 Å². The molecule has 0 aliphatic heterocycles. The summed E-state index contributed by atoms with van der Waals surface area (Å²) in [6, 6.07) is -0.324. The number of hydrogen-bond acceptors (Lipinski definition) is 4. The summed E-state index contributed by atoms with van der Waals surface area (Å²) in [4.78, 5) is 0. The van der Waals surface area contributed by atoms with Crippen LogP contribution in [0.2, 0.25) is 0 Å². The van der Waals surface area contributed by atoms with Gasteiger partial charge in [0.15, 0.2) is 0 Å². The van der Waals surface area contributed by atoms with E-state index in [9.17, 15) is 5.11 Å². The smallest absolute Gasteiger partial charge is 0.0894 e. The quantitative estimate of drug-likeness (QED) is 0.0534. The molecule has 0 saturated heterocycles. The Balaban J connectivity index is 3.31. The lowest BCUT2D eigenvalue weighted by molar-refractivity contribution is 0.0783. The van der Waals surface area contributed by atoms with Crippen molar-refractivity contribution in [1.82, 2.24) is 0 Å². The summed E-state index contributed by atoms with van der Waals surface area (Å²) in [5, 5.41) is 10.3. The monoisotopic (exact) mass is 567 g/mol. The van der Waals surface area contributed by atoms with Crippen molar-refractivity contribution < 1.29 is 9.84 Å². The van der Waals surface area contributed by atoms with Crippen LogP contribution in [0.25, 0.3) is 0 Å². The fraction of sp³-hybridized carbons (Fsp3) is 0.944. The summed E-state index contributed by atoms with van der Waals surface area (Å²) < 4.78 is 5.74. The van der Waals surface area contributed by atoms with E-state index in [0.29, 0.717) is 6.61 Å². The molecule has 40 heavy (non-hydrogen) atoms. The van der Waals surface area contributed by atoms with Crippen LogP contribution in [0, 0.1) is 0 Å². The van der Waals surface area contributed by atoms with Crippen molar-refractivity contribution in [1.29, 1.82) is 0 Å². The largest absolute Gasteiger partial charge is 0.387 e. The van der Waals surface area contributed by atoms with Crippen molar-refractivity contribution in [3.8, 4) is 0 Å². The second-order valence-corrected chi connectivity index (χ2v) is 12.4. The normalized spacial score (nSPS) is 13.4. The Labute approximate surface area is 251 Å². The van der Waals surface area contributed by atoms with Gasteiger partial charge in [-0.15, -0.1) is 0 Å². The van der Waals surface area contributed by atoms with Crippen LogP contribution in [0.5, 0.6) is 0 Å². The Morgan fingerprint density at radius 2 is 0.925 bits per heavy atom. The first-order chi connectivity index (χ1) is 19.7. The zero-order chi connectivity index (χ0) is 29.2. The number of nitrogens with two attached hydrogens (primary N) is 2. The van der Waals surface area contributed by atoms with E-state index in [1.165, 1.54) is 167 Å². The van der Waals surface area contributed by atoms with Crippen molar-refractivity contribution in [2.45, 2.75) is 199 Å². The highest BCUT2D eigenvalue weighted by molar-refractivity contribution is 4.93. The second-order valence-electron chi connectivity index (χ2n) is 12.4. The van der Waals surface area contributed by atoms with Crippen molar-refractivity contribution in [3.05, 3.63) is 12.2 Å². The van der Waals surface area contributed by atoms with Gasteiger partial charge in [-0.2, -0.15) is 0 Å². The summed E-state index contributed by atoms with van der Waals surface area (Å²) in [5.41, 5.74) is 11.6. The van der Waals surface area contributed by atoms with Gasteiger partial charge in [-0.3, -0.25) is 0 Å². The molecule has 4 nitrogen and oxygen atoms in total. The van der Waals surface area contributed by atoms with Crippen molar-refractivity contribution in [2.24, 2.45) is 11.5 Å². The average Bonchev–Trinajstić information content (AvgIpc) is 2.96. The lowest BCUT2D eigenvalue weighted by atomic mass is 10.0. The van der Waals surface area contributed by atoms with Gasteiger partial charge < -0.3 is 21.3 Å². The fourth-order valence-corrected chi connectivity index (χ4v) is 5.45. The lowest BCUT2D eigenvalue weighted by Gasteiger charge is -2.15. The molecule has 0 bridgehead atoms. The molecule has 0 fully saturated rings. The molecule has 0 heterocycles. The molecular formula is C36H74N2O2. The van der Waals surface area contributed by atoms with Crippen LogP contribution < -0.4 is 11.5 Å². The Bertz CT molecular complexity index is 485. The molecule has 0 radical (unpaired) electrons. The molecule has 0 aliphatic rings. The maximum Gasteiger partial charge on any atom is 0.0894 e. The Morgan fingerprint density at radius 3 is 1.35 bits per heavy atom. The SMILES string of the molecule is CCCCCCCCCCCCCC=CC(O)C(N)COCCCCCCCCCCCCCCCCCCN. The first-order valence-electron chi connectivity index (χ1n) is 18.1. The second kappa shape index (κ2) is 34.8. The standard InChI is InChI=1S/C36H74N2O2/c1-2-3-4-5-6-7-8-13-16-19-22-25-28-31-36(39)35(38)34-40-33-30-27-24-21-18-15-12-10-9-11-14-17-20-23-26-29-32-37/h28,31,35-36,39H,2-27,29-30,32-34,37-38H2,1H3. The Hall–Kier alpha value is -0.420. The molecule has 4 heteroatoms. The summed E-state index contributed by atoms with van der Waals surface area (Å²) in [6.07, 6.45) is 41.0. The summed E-state index contributed by atoms with van der Waals surface area (Å²) >= 11 is 0. The van der Waals surface area contributed by atoms with Gasteiger partial charge in [0.05, 0.1) is 18.8 Å². The number of rotatable bonds is 34. The van der Waals surface area contributed by atoms with Crippen molar-refractivity contribution >= 4 is 0 Å². The van der Waals surface area contributed by atoms with Crippen LogP contribution in [-0.2, 0) is 4.74 Å². The van der Waals surface area contributed by atoms with Gasteiger partial charge in [0, 0.05) is 6.61 Å². The van der Waals surface area contributed by atoms with E-state index < -0.39 is 6.10 Å². The predicted molar refractivity (Wildman–Crippen MR) is 178 cm³/mol. The Kier molecular flexibility index (Phi) is 34.4. The number of aliphatic hydroxyl groups is 1. The topological polar surface area (TPSA) is 81.5 Å². The molecular weight excluding hydrogens is 492 g/mol. The molecule has 0 amide bonds. The summed E-state index contributed by atoms with van der Waals surface area (Å²) in [7, 11) is 0. The van der Waals surface area contributed by atoms with Crippen LogP contribution in [0.4, 0.5) is 0 Å². The minimum absolute atomic E-state index is 0.324. The number of unbranched alkanes of at least 4 members (excludes halogenated alkanes) is 26. The molecule has 2 unspecified atom stereocenters. The summed E-state index contributed by atoms with van der Waals surface area (Å²) in [5.74, 6) is 0. The van der Waals surface area contributed by atoms with Gasteiger partial charge in [-0.25, -0.2) is 0 Å². The number of hydrogen-bond donors (Lipinski definition) is 3. The van der Waals surface area contributed by atoms with Gasteiger partial charge in [0.2, 0.25) is 0 Å².